The molecule has 0 aromatic heterocycles. The maximum absolute atomic E-state index is 12.1. The normalized spacial score (nSPS) is 17.1. The van der Waals surface area contributed by atoms with Crippen LogP contribution in [-0.4, -0.2) is 43.6 Å². The predicted molar refractivity (Wildman–Crippen MR) is 133 cm³/mol. The van der Waals surface area contributed by atoms with Crippen LogP contribution in [-0.2, 0) is 21.5 Å². The highest BCUT2D eigenvalue weighted by molar-refractivity contribution is 5.49. The van der Waals surface area contributed by atoms with E-state index in [1.54, 1.807) is 14.2 Å². The average molecular weight is 479 g/mol. The lowest BCUT2D eigenvalue weighted by molar-refractivity contribution is -0.402. The van der Waals surface area contributed by atoms with Gasteiger partial charge in [0.15, 0.2) is 0 Å². The summed E-state index contributed by atoms with van der Waals surface area (Å²) in [6.07, 6.45) is 0.893. The van der Waals surface area contributed by atoms with Gasteiger partial charge >= 0.3 is 0 Å². The second kappa shape index (κ2) is 9.99. The van der Waals surface area contributed by atoms with E-state index in [9.17, 15) is 10.2 Å². The minimum Gasteiger partial charge on any atom is -0.497 e. The SMILES string of the molecule is COc1ccc(C(O)(c2ccc(CCC3(O)OCC(C)(C)CO3)cc2)c2ccc(OC)cc2)cc1. The van der Waals surface area contributed by atoms with Gasteiger partial charge in [-0.2, -0.15) is 0 Å². The molecule has 0 bridgehead atoms. The molecule has 4 rings (SSSR count). The van der Waals surface area contributed by atoms with Gasteiger partial charge < -0.3 is 29.2 Å². The van der Waals surface area contributed by atoms with E-state index in [0.717, 1.165) is 33.8 Å². The van der Waals surface area contributed by atoms with E-state index in [-0.39, 0.29) is 5.41 Å². The molecule has 1 aliphatic rings. The highest BCUT2D eigenvalue weighted by Gasteiger charge is 2.39. The molecule has 6 heteroatoms. The highest BCUT2D eigenvalue weighted by atomic mass is 16.8. The fourth-order valence-corrected chi connectivity index (χ4v) is 4.22. The fraction of sp³-hybridized carbons (Fsp3) is 0.379. The van der Waals surface area contributed by atoms with Crippen molar-refractivity contribution in [3.63, 3.8) is 0 Å². The molecule has 0 aliphatic carbocycles. The number of hydrogen-bond donors (Lipinski definition) is 2. The van der Waals surface area contributed by atoms with E-state index in [1.807, 2.05) is 86.6 Å². The third-order valence-corrected chi connectivity index (χ3v) is 6.49. The van der Waals surface area contributed by atoms with E-state index in [1.165, 1.54) is 0 Å². The Bertz CT molecular complexity index is 1050. The second-order valence-electron chi connectivity index (χ2n) is 9.82. The molecule has 1 saturated heterocycles. The molecule has 0 radical (unpaired) electrons. The molecule has 3 aromatic rings. The number of aryl methyl sites for hydroxylation is 1. The molecule has 1 fully saturated rings. The summed E-state index contributed by atoms with van der Waals surface area (Å²) in [5.74, 6) is -0.134. The van der Waals surface area contributed by atoms with Crippen molar-refractivity contribution in [3.8, 4) is 11.5 Å². The van der Waals surface area contributed by atoms with Crippen LogP contribution in [0.3, 0.4) is 0 Å². The topological polar surface area (TPSA) is 77.4 Å². The maximum atomic E-state index is 12.1. The predicted octanol–water partition coefficient (Wildman–Crippen LogP) is 4.64. The molecule has 6 nitrogen and oxygen atoms in total. The van der Waals surface area contributed by atoms with Crippen LogP contribution in [0.25, 0.3) is 0 Å². The van der Waals surface area contributed by atoms with Gasteiger partial charge in [-0.1, -0.05) is 62.4 Å². The molecule has 3 aromatic carbocycles. The standard InChI is InChI=1S/C29H34O6/c1-27(2)19-34-28(30,35-20-27)18-17-21-5-7-22(8-6-21)29(31,23-9-13-25(32-3)14-10-23)24-11-15-26(33-4)16-12-24/h5-16,30-31H,17-20H2,1-4H3. The van der Waals surface area contributed by atoms with E-state index in [0.29, 0.717) is 26.1 Å². The molecule has 0 unspecified atom stereocenters. The third kappa shape index (κ3) is 5.52. The summed E-state index contributed by atoms with van der Waals surface area (Å²) in [6.45, 7) is 4.97. The zero-order valence-corrected chi connectivity index (χ0v) is 20.8. The van der Waals surface area contributed by atoms with Gasteiger partial charge in [-0.05, 0) is 52.9 Å². The first-order valence-corrected chi connectivity index (χ1v) is 11.8. The summed E-state index contributed by atoms with van der Waals surface area (Å²) in [4.78, 5) is 0. The molecule has 186 valence electrons. The first kappa shape index (κ1) is 25.2. The Morgan fingerprint density at radius 1 is 0.743 bits per heavy atom. The van der Waals surface area contributed by atoms with Crippen molar-refractivity contribution in [1.82, 2.24) is 0 Å². The quantitative estimate of drug-likeness (QED) is 0.460. The number of ether oxygens (including phenoxy) is 4. The van der Waals surface area contributed by atoms with Crippen molar-refractivity contribution in [1.29, 1.82) is 0 Å². The van der Waals surface area contributed by atoms with E-state index in [2.05, 4.69) is 0 Å². The van der Waals surface area contributed by atoms with Crippen molar-refractivity contribution in [3.05, 3.63) is 95.1 Å². The van der Waals surface area contributed by atoms with E-state index < -0.39 is 11.6 Å². The van der Waals surface area contributed by atoms with Gasteiger partial charge in [-0.15, -0.1) is 0 Å². The molecule has 0 saturated carbocycles. The van der Waals surface area contributed by atoms with E-state index >= 15 is 0 Å². The van der Waals surface area contributed by atoms with Crippen molar-refractivity contribution >= 4 is 0 Å². The Morgan fingerprint density at radius 3 is 1.54 bits per heavy atom. The number of benzene rings is 3. The van der Waals surface area contributed by atoms with Crippen molar-refractivity contribution in [2.75, 3.05) is 27.4 Å². The summed E-state index contributed by atoms with van der Waals surface area (Å²) in [5, 5.41) is 22.7. The number of hydrogen-bond acceptors (Lipinski definition) is 6. The number of aliphatic hydroxyl groups is 2. The number of methoxy groups -OCH3 is 2. The van der Waals surface area contributed by atoms with Gasteiger partial charge in [-0.3, -0.25) is 0 Å². The fourth-order valence-electron chi connectivity index (χ4n) is 4.22. The monoisotopic (exact) mass is 478 g/mol. The van der Waals surface area contributed by atoms with Gasteiger partial charge in [0.2, 0.25) is 0 Å². The minimum atomic E-state index is -1.57. The molecule has 1 heterocycles. The molecule has 2 N–H and O–H groups in total. The van der Waals surface area contributed by atoms with Gasteiger partial charge in [0.05, 0.1) is 27.4 Å². The van der Waals surface area contributed by atoms with Gasteiger partial charge in [0.25, 0.3) is 5.97 Å². The highest BCUT2D eigenvalue weighted by Crippen LogP contribution is 2.38. The number of rotatable bonds is 8. The summed E-state index contributed by atoms with van der Waals surface area (Å²) >= 11 is 0. The first-order valence-electron chi connectivity index (χ1n) is 11.8. The third-order valence-electron chi connectivity index (χ3n) is 6.49. The Hall–Kier alpha value is -2.90. The van der Waals surface area contributed by atoms with Crippen LogP contribution < -0.4 is 9.47 Å². The Morgan fingerprint density at radius 2 is 1.14 bits per heavy atom. The zero-order valence-electron chi connectivity index (χ0n) is 20.8. The molecule has 35 heavy (non-hydrogen) atoms. The van der Waals surface area contributed by atoms with Crippen LogP contribution in [0.1, 0.15) is 42.5 Å². The lowest BCUT2D eigenvalue weighted by Crippen LogP contribution is -2.47. The largest absolute Gasteiger partial charge is 0.497 e. The van der Waals surface area contributed by atoms with Crippen LogP contribution in [0, 0.1) is 5.41 Å². The van der Waals surface area contributed by atoms with Crippen LogP contribution >= 0.6 is 0 Å². The van der Waals surface area contributed by atoms with Gasteiger partial charge in [-0.25, -0.2) is 0 Å². The second-order valence-corrected chi connectivity index (χ2v) is 9.82. The van der Waals surface area contributed by atoms with Gasteiger partial charge in [0.1, 0.15) is 17.1 Å². The van der Waals surface area contributed by atoms with Crippen LogP contribution in [0.15, 0.2) is 72.8 Å². The molecular formula is C29H34O6. The lowest BCUT2D eigenvalue weighted by Gasteiger charge is -2.39. The minimum absolute atomic E-state index is 0.110. The maximum Gasteiger partial charge on any atom is 0.280 e. The Labute approximate surface area is 207 Å². The average Bonchev–Trinajstić information content (AvgIpc) is 2.89. The molecule has 0 atom stereocenters. The summed E-state index contributed by atoms with van der Waals surface area (Å²) in [6, 6.07) is 22.6. The first-order chi connectivity index (χ1) is 16.7. The van der Waals surface area contributed by atoms with Crippen molar-refractivity contribution < 1.29 is 29.2 Å². The molecule has 0 spiro atoms. The van der Waals surface area contributed by atoms with Gasteiger partial charge in [0, 0.05) is 11.8 Å². The Balaban J connectivity index is 1.59. The smallest absolute Gasteiger partial charge is 0.280 e. The van der Waals surface area contributed by atoms with Crippen LogP contribution in [0.4, 0.5) is 0 Å². The summed E-state index contributed by atoms with van der Waals surface area (Å²) in [5.41, 5.74) is 1.68. The van der Waals surface area contributed by atoms with Crippen LogP contribution in [0.2, 0.25) is 0 Å². The summed E-state index contributed by atoms with van der Waals surface area (Å²) < 4.78 is 21.8. The van der Waals surface area contributed by atoms with Crippen molar-refractivity contribution in [2.45, 2.75) is 38.3 Å². The Kier molecular flexibility index (Phi) is 7.20. The summed E-state index contributed by atoms with van der Waals surface area (Å²) in [7, 11) is 3.23. The molecule has 0 amide bonds. The lowest BCUT2D eigenvalue weighted by atomic mass is 9.80. The molecular weight excluding hydrogens is 444 g/mol. The van der Waals surface area contributed by atoms with Crippen molar-refractivity contribution in [2.24, 2.45) is 5.41 Å². The zero-order chi connectivity index (χ0) is 25.1. The van der Waals surface area contributed by atoms with Crippen LogP contribution in [0.5, 0.6) is 11.5 Å². The molecule has 1 aliphatic heterocycles. The van der Waals surface area contributed by atoms with E-state index in [4.69, 9.17) is 18.9 Å².